The summed E-state index contributed by atoms with van der Waals surface area (Å²) in [7, 11) is 2.89. The zero-order valence-corrected chi connectivity index (χ0v) is 12.2. The van der Waals surface area contributed by atoms with Gasteiger partial charge in [0.1, 0.15) is 11.8 Å². The molecule has 6 nitrogen and oxygen atoms in total. The van der Waals surface area contributed by atoms with E-state index in [2.05, 4.69) is 0 Å². The van der Waals surface area contributed by atoms with Crippen LogP contribution in [0.5, 0.6) is 5.75 Å². The standard InChI is InChI=1S/C15H21NO5/c1-20-12-5-3-4-10(6-12)14(18)9-16-8-11(17)7-13(16)15(19)21-2/h3-6,11,13-14,17-18H,7-9H2,1-2H3. The van der Waals surface area contributed by atoms with Crippen molar-refractivity contribution in [3.63, 3.8) is 0 Å². The van der Waals surface area contributed by atoms with Gasteiger partial charge in [0.05, 0.1) is 26.4 Å². The molecular weight excluding hydrogens is 274 g/mol. The van der Waals surface area contributed by atoms with E-state index >= 15 is 0 Å². The van der Waals surface area contributed by atoms with Gasteiger partial charge in [0.25, 0.3) is 0 Å². The first kappa shape index (κ1) is 15.8. The van der Waals surface area contributed by atoms with Crippen LogP contribution in [0.25, 0.3) is 0 Å². The van der Waals surface area contributed by atoms with E-state index in [1.807, 2.05) is 0 Å². The lowest BCUT2D eigenvalue weighted by molar-refractivity contribution is -0.146. The summed E-state index contributed by atoms with van der Waals surface area (Å²) >= 11 is 0. The molecule has 3 unspecified atom stereocenters. The second kappa shape index (κ2) is 6.89. The maximum atomic E-state index is 11.7. The van der Waals surface area contributed by atoms with Crippen LogP contribution < -0.4 is 4.74 Å². The quantitative estimate of drug-likeness (QED) is 0.763. The number of carbonyl (C=O) groups is 1. The molecule has 0 bridgehead atoms. The fraction of sp³-hybridized carbons (Fsp3) is 0.533. The second-order valence-corrected chi connectivity index (χ2v) is 5.17. The lowest BCUT2D eigenvalue weighted by Crippen LogP contribution is -2.39. The van der Waals surface area contributed by atoms with Gasteiger partial charge in [-0.3, -0.25) is 9.69 Å². The summed E-state index contributed by atoms with van der Waals surface area (Å²) in [5.74, 6) is 0.280. The molecule has 1 heterocycles. The number of hydrogen-bond acceptors (Lipinski definition) is 6. The number of ether oxygens (including phenoxy) is 2. The molecule has 1 fully saturated rings. The average molecular weight is 295 g/mol. The fourth-order valence-corrected chi connectivity index (χ4v) is 2.64. The van der Waals surface area contributed by atoms with Crippen molar-refractivity contribution in [3.8, 4) is 5.75 Å². The van der Waals surface area contributed by atoms with Gasteiger partial charge in [-0.25, -0.2) is 0 Å². The Morgan fingerprint density at radius 1 is 1.48 bits per heavy atom. The summed E-state index contributed by atoms with van der Waals surface area (Å²) in [4.78, 5) is 13.5. The number of carbonyl (C=O) groups excluding carboxylic acids is 1. The van der Waals surface area contributed by atoms with Crippen molar-refractivity contribution < 1.29 is 24.5 Å². The predicted molar refractivity (Wildman–Crippen MR) is 76.0 cm³/mol. The zero-order valence-electron chi connectivity index (χ0n) is 12.2. The van der Waals surface area contributed by atoms with Crippen LogP contribution in [0.2, 0.25) is 0 Å². The summed E-state index contributed by atoms with van der Waals surface area (Å²) < 4.78 is 9.87. The smallest absolute Gasteiger partial charge is 0.323 e. The molecule has 3 atom stereocenters. The first-order chi connectivity index (χ1) is 10.0. The van der Waals surface area contributed by atoms with Gasteiger partial charge in [-0.15, -0.1) is 0 Å². The van der Waals surface area contributed by atoms with E-state index in [4.69, 9.17) is 9.47 Å². The SMILES string of the molecule is COC(=O)C1CC(O)CN1CC(O)c1cccc(OC)c1. The number of aliphatic hydroxyl groups is 2. The van der Waals surface area contributed by atoms with Crippen LogP contribution in [-0.4, -0.2) is 60.5 Å². The van der Waals surface area contributed by atoms with Crippen LogP contribution in [0, 0.1) is 0 Å². The Hall–Kier alpha value is -1.63. The minimum Gasteiger partial charge on any atom is -0.497 e. The van der Waals surface area contributed by atoms with E-state index < -0.39 is 18.2 Å². The minimum absolute atomic E-state index is 0.254. The lowest BCUT2D eigenvalue weighted by Gasteiger charge is -2.25. The summed E-state index contributed by atoms with van der Waals surface area (Å²) in [6.07, 6.45) is -1.01. The molecule has 1 aromatic carbocycles. The van der Waals surface area contributed by atoms with E-state index in [1.54, 1.807) is 36.3 Å². The molecule has 1 aliphatic heterocycles. The molecule has 0 radical (unpaired) electrons. The molecule has 2 N–H and O–H groups in total. The third-order valence-electron chi connectivity index (χ3n) is 3.74. The van der Waals surface area contributed by atoms with Crippen LogP contribution >= 0.6 is 0 Å². The molecule has 0 aliphatic carbocycles. The molecule has 0 amide bonds. The Balaban J connectivity index is 2.06. The Bertz CT molecular complexity index is 493. The molecule has 1 aliphatic rings. The molecule has 6 heteroatoms. The van der Waals surface area contributed by atoms with Crippen molar-refractivity contribution in [2.75, 3.05) is 27.3 Å². The van der Waals surface area contributed by atoms with Crippen molar-refractivity contribution in [1.29, 1.82) is 0 Å². The van der Waals surface area contributed by atoms with Gasteiger partial charge in [0, 0.05) is 19.5 Å². The Labute approximate surface area is 123 Å². The molecule has 21 heavy (non-hydrogen) atoms. The number of β-amino-alcohol motifs (C(OH)–C–C–N with tert-alkyl or cyclic N) is 2. The Morgan fingerprint density at radius 3 is 2.90 bits per heavy atom. The van der Waals surface area contributed by atoms with E-state index in [9.17, 15) is 15.0 Å². The highest BCUT2D eigenvalue weighted by Gasteiger charge is 2.37. The van der Waals surface area contributed by atoms with Crippen LogP contribution in [0.15, 0.2) is 24.3 Å². The number of benzene rings is 1. The van der Waals surface area contributed by atoms with Gasteiger partial charge >= 0.3 is 5.97 Å². The number of likely N-dealkylation sites (tertiary alicyclic amines) is 1. The number of rotatable bonds is 5. The summed E-state index contributed by atoms with van der Waals surface area (Å²) in [6, 6.07) is 6.64. The fourth-order valence-electron chi connectivity index (χ4n) is 2.64. The number of esters is 1. The van der Waals surface area contributed by atoms with Crippen LogP contribution in [-0.2, 0) is 9.53 Å². The first-order valence-electron chi connectivity index (χ1n) is 6.87. The third kappa shape index (κ3) is 3.72. The highest BCUT2D eigenvalue weighted by atomic mass is 16.5. The second-order valence-electron chi connectivity index (χ2n) is 5.17. The number of aliphatic hydroxyl groups excluding tert-OH is 2. The maximum Gasteiger partial charge on any atom is 0.323 e. The van der Waals surface area contributed by atoms with Gasteiger partial charge in [0.2, 0.25) is 0 Å². The molecule has 1 aromatic rings. The van der Waals surface area contributed by atoms with Gasteiger partial charge in [-0.2, -0.15) is 0 Å². The third-order valence-corrected chi connectivity index (χ3v) is 3.74. The van der Waals surface area contributed by atoms with Crippen molar-refractivity contribution in [3.05, 3.63) is 29.8 Å². The number of methoxy groups -OCH3 is 2. The first-order valence-corrected chi connectivity index (χ1v) is 6.87. The summed E-state index contributed by atoms with van der Waals surface area (Å²) in [5.41, 5.74) is 0.708. The van der Waals surface area contributed by atoms with E-state index in [-0.39, 0.29) is 12.5 Å². The molecule has 0 aromatic heterocycles. The highest BCUT2D eigenvalue weighted by Crippen LogP contribution is 2.25. The van der Waals surface area contributed by atoms with Crippen LogP contribution in [0.3, 0.4) is 0 Å². The Morgan fingerprint density at radius 2 is 2.24 bits per heavy atom. The summed E-state index contributed by atoms with van der Waals surface area (Å²) in [5, 5.41) is 20.1. The monoisotopic (exact) mass is 295 g/mol. The molecule has 0 saturated carbocycles. The molecular formula is C15H21NO5. The average Bonchev–Trinajstić information content (AvgIpc) is 2.87. The summed E-state index contributed by atoms with van der Waals surface area (Å²) in [6.45, 7) is 0.602. The molecule has 116 valence electrons. The highest BCUT2D eigenvalue weighted by molar-refractivity contribution is 5.76. The van der Waals surface area contributed by atoms with Crippen molar-refractivity contribution in [1.82, 2.24) is 4.90 Å². The van der Waals surface area contributed by atoms with Gasteiger partial charge in [-0.05, 0) is 17.7 Å². The van der Waals surface area contributed by atoms with Crippen molar-refractivity contribution in [2.24, 2.45) is 0 Å². The largest absolute Gasteiger partial charge is 0.497 e. The van der Waals surface area contributed by atoms with E-state index in [0.717, 1.165) is 0 Å². The van der Waals surface area contributed by atoms with Gasteiger partial charge in [0.15, 0.2) is 0 Å². The van der Waals surface area contributed by atoms with Crippen LogP contribution in [0.4, 0.5) is 0 Å². The topological polar surface area (TPSA) is 79.2 Å². The van der Waals surface area contributed by atoms with Gasteiger partial charge < -0.3 is 19.7 Å². The van der Waals surface area contributed by atoms with E-state index in [0.29, 0.717) is 24.3 Å². The number of nitrogens with zero attached hydrogens (tertiary/aromatic N) is 1. The normalized spacial score (nSPS) is 23.8. The zero-order chi connectivity index (χ0) is 15.4. The van der Waals surface area contributed by atoms with E-state index in [1.165, 1.54) is 7.11 Å². The molecule has 2 rings (SSSR count). The number of hydrogen-bond donors (Lipinski definition) is 2. The van der Waals surface area contributed by atoms with Crippen molar-refractivity contribution >= 4 is 5.97 Å². The van der Waals surface area contributed by atoms with Crippen LogP contribution in [0.1, 0.15) is 18.1 Å². The maximum absolute atomic E-state index is 11.7. The van der Waals surface area contributed by atoms with Crippen molar-refractivity contribution in [2.45, 2.75) is 24.7 Å². The molecule has 0 spiro atoms. The minimum atomic E-state index is -0.766. The van der Waals surface area contributed by atoms with Gasteiger partial charge in [-0.1, -0.05) is 12.1 Å². The molecule has 1 saturated heterocycles. The lowest BCUT2D eigenvalue weighted by atomic mass is 10.1. The Kier molecular flexibility index (Phi) is 5.17. The predicted octanol–water partition coefficient (Wildman–Crippen LogP) is 0.337.